The van der Waals surface area contributed by atoms with Gasteiger partial charge >= 0.3 is 0 Å². The predicted molar refractivity (Wildman–Crippen MR) is 60.4 cm³/mol. The molecule has 0 fully saturated rings. The Hall–Kier alpha value is -2.11. The highest BCUT2D eigenvalue weighted by atomic mass is 16.5. The molecule has 90 valence electrons. The van der Waals surface area contributed by atoms with Crippen molar-refractivity contribution < 1.29 is 9.32 Å². The van der Waals surface area contributed by atoms with Crippen LogP contribution in [0.15, 0.2) is 29.3 Å². The maximum Gasteiger partial charge on any atom is 0.290 e. The van der Waals surface area contributed by atoms with Crippen molar-refractivity contribution in [1.29, 1.82) is 0 Å². The molecule has 0 bridgehead atoms. The lowest BCUT2D eigenvalue weighted by molar-refractivity contribution is 0.0899. The van der Waals surface area contributed by atoms with Gasteiger partial charge in [0, 0.05) is 31.0 Å². The minimum absolute atomic E-state index is 0.0119. The lowest BCUT2D eigenvalue weighted by Crippen LogP contribution is -2.35. The Kier molecular flexibility index (Phi) is 3.22. The molecule has 2 rings (SSSR count). The summed E-state index contributed by atoms with van der Waals surface area (Å²) in [6.07, 6.45) is 5.26. The van der Waals surface area contributed by atoms with Gasteiger partial charge in [0.25, 0.3) is 5.91 Å². The zero-order valence-electron chi connectivity index (χ0n) is 9.75. The first-order chi connectivity index (χ1) is 8.15. The van der Waals surface area contributed by atoms with Gasteiger partial charge in [-0.3, -0.25) is 4.79 Å². The highest BCUT2D eigenvalue weighted by Gasteiger charge is 2.14. The average Bonchev–Trinajstić information content (AvgIpc) is 2.89. The van der Waals surface area contributed by atoms with Crippen molar-refractivity contribution in [3.8, 4) is 0 Å². The van der Waals surface area contributed by atoms with Crippen LogP contribution in [0.1, 0.15) is 23.2 Å². The van der Waals surface area contributed by atoms with E-state index in [0.29, 0.717) is 12.2 Å². The summed E-state index contributed by atoms with van der Waals surface area (Å²) in [6, 6.07) is 1.60. The average molecular weight is 234 g/mol. The lowest BCUT2D eigenvalue weighted by atomic mass is 10.3. The maximum absolute atomic E-state index is 11.7. The smallest absolute Gasteiger partial charge is 0.290 e. The fourth-order valence-corrected chi connectivity index (χ4v) is 1.52. The van der Waals surface area contributed by atoms with E-state index in [-0.39, 0.29) is 17.7 Å². The van der Waals surface area contributed by atoms with Crippen LogP contribution in [0.5, 0.6) is 0 Å². The molecule has 0 aliphatic heterocycles. The molecule has 17 heavy (non-hydrogen) atoms. The normalized spacial score (nSPS) is 12.4. The number of hydrogen-bond acceptors (Lipinski definition) is 4. The van der Waals surface area contributed by atoms with E-state index in [0.717, 1.165) is 0 Å². The molecule has 0 aliphatic carbocycles. The summed E-state index contributed by atoms with van der Waals surface area (Å²) >= 11 is 0. The third kappa shape index (κ3) is 2.93. The van der Waals surface area contributed by atoms with E-state index in [1.54, 1.807) is 25.5 Å². The zero-order valence-corrected chi connectivity index (χ0v) is 9.75. The summed E-state index contributed by atoms with van der Waals surface area (Å²) in [4.78, 5) is 15.7. The van der Waals surface area contributed by atoms with Crippen molar-refractivity contribution in [2.75, 3.05) is 0 Å². The molecule has 0 aromatic carbocycles. The molecule has 0 radical (unpaired) electrons. The van der Waals surface area contributed by atoms with E-state index >= 15 is 0 Å². The topological polar surface area (TPSA) is 73.0 Å². The molecule has 2 heterocycles. The summed E-state index contributed by atoms with van der Waals surface area (Å²) < 4.78 is 6.78. The predicted octanol–water partition coefficient (Wildman–Crippen LogP) is 0.998. The van der Waals surface area contributed by atoms with Gasteiger partial charge < -0.3 is 14.4 Å². The van der Waals surface area contributed by atoms with Gasteiger partial charge in [-0.05, 0) is 13.8 Å². The number of imidazole rings is 1. The molecule has 6 nitrogen and oxygen atoms in total. The number of nitrogens with one attached hydrogen (secondary N) is 1. The van der Waals surface area contributed by atoms with Crippen LogP contribution in [0.3, 0.4) is 0 Å². The van der Waals surface area contributed by atoms with E-state index in [9.17, 15) is 4.79 Å². The molecule has 1 atom stereocenters. The number of rotatable bonds is 4. The summed E-state index contributed by atoms with van der Waals surface area (Å²) in [6.45, 7) is 4.36. The van der Waals surface area contributed by atoms with E-state index < -0.39 is 0 Å². The Balaban J connectivity index is 1.90. The fourth-order valence-electron chi connectivity index (χ4n) is 1.52. The first kappa shape index (κ1) is 11.4. The highest BCUT2D eigenvalue weighted by molar-refractivity contribution is 5.91. The maximum atomic E-state index is 11.7. The van der Waals surface area contributed by atoms with E-state index in [1.807, 2.05) is 17.7 Å². The van der Waals surface area contributed by atoms with Gasteiger partial charge in [0.1, 0.15) is 0 Å². The molecular weight excluding hydrogens is 220 g/mol. The van der Waals surface area contributed by atoms with Crippen LogP contribution < -0.4 is 5.32 Å². The Morgan fingerprint density at radius 1 is 1.65 bits per heavy atom. The van der Waals surface area contributed by atoms with Gasteiger partial charge in [0.15, 0.2) is 0 Å². The Morgan fingerprint density at radius 2 is 2.47 bits per heavy atom. The monoisotopic (exact) mass is 234 g/mol. The quantitative estimate of drug-likeness (QED) is 0.856. The molecule has 0 saturated carbocycles. The van der Waals surface area contributed by atoms with Crippen LogP contribution in [-0.2, 0) is 6.54 Å². The van der Waals surface area contributed by atoms with E-state index in [4.69, 9.17) is 4.52 Å². The Morgan fingerprint density at radius 3 is 3.06 bits per heavy atom. The second-order valence-corrected chi connectivity index (χ2v) is 3.97. The van der Waals surface area contributed by atoms with Crippen molar-refractivity contribution in [3.63, 3.8) is 0 Å². The van der Waals surface area contributed by atoms with Crippen molar-refractivity contribution in [2.45, 2.75) is 26.4 Å². The largest absolute Gasteiger partial charge is 0.351 e. The summed E-state index contributed by atoms with van der Waals surface area (Å²) in [7, 11) is 0. The number of amides is 1. The number of nitrogens with zero attached hydrogens (tertiary/aromatic N) is 3. The van der Waals surface area contributed by atoms with Crippen LogP contribution in [0.2, 0.25) is 0 Å². The van der Waals surface area contributed by atoms with Gasteiger partial charge in [-0.15, -0.1) is 0 Å². The van der Waals surface area contributed by atoms with Crippen LogP contribution in [0.25, 0.3) is 0 Å². The number of carbonyl (C=O) groups is 1. The molecule has 1 amide bonds. The SMILES string of the molecule is Cc1cc(C(=O)NC(C)Cn2ccnc2)on1. The molecule has 6 heteroatoms. The highest BCUT2D eigenvalue weighted by Crippen LogP contribution is 2.02. The third-order valence-electron chi connectivity index (χ3n) is 2.27. The molecule has 2 aromatic rings. The number of carbonyl (C=O) groups excluding carboxylic acids is 1. The van der Waals surface area contributed by atoms with Gasteiger partial charge in [-0.25, -0.2) is 4.98 Å². The summed E-state index contributed by atoms with van der Waals surface area (Å²) in [5, 5.41) is 6.50. The van der Waals surface area contributed by atoms with Gasteiger partial charge in [0.2, 0.25) is 5.76 Å². The molecule has 2 aromatic heterocycles. The second-order valence-electron chi connectivity index (χ2n) is 3.97. The minimum atomic E-state index is -0.252. The van der Waals surface area contributed by atoms with E-state index in [1.165, 1.54) is 0 Å². The Bertz CT molecular complexity index is 489. The van der Waals surface area contributed by atoms with Crippen LogP contribution >= 0.6 is 0 Å². The molecular formula is C11H14N4O2. The molecule has 1 unspecified atom stereocenters. The molecule has 0 aliphatic rings. The first-order valence-corrected chi connectivity index (χ1v) is 5.35. The van der Waals surface area contributed by atoms with Gasteiger partial charge in [0.05, 0.1) is 12.0 Å². The zero-order chi connectivity index (χ0) is 12.3. The third-order valence-corrected chi connectivity index (χ3v) is 2.27. The summed E-state index contributed by atoms with van der Waals surface area (Å²) in [5.41, 5.74) is 0.692. The van der Waals surface area contributed by atoms with Crippen molar-refractivity contribution in [3.05, 3.63) is 36.2 Å². The second kappa shape index (κ2) is 4.82. The fraction of sp³-hybridized carbons (Fsp3) is 0.364. The minimum Gasteiger partial charge on any atom is -0.351 e. The van der Waals surface area contributed by atoms with Crippen molar-refractivity contribution in [2.24, 2.45) is 0 Å². The lowest BCUT2D eigenvalue weighted by Gasteiger charge is -2.12. The molecule has 1 N–H and O–H groups in total. The Labute approximate surface area is 98.6 Å². The number of aryl methyl sites for hydroxylation is 1. The van der Waals surface area contributed by atoms with Crippen LogP contribution in [0, 0.1) is 6.92 Å². The standard InChI is InChI=1S/C11H14N4O2/c1-8-5-10(17-14-8)11(16)13-9(2)6-15-4-3-12-7-15/h3-5,7,9H,6H2,1-2H3,(H,13,16). The van der Waals surface area contributed by atoms with Crippen molar-refractivity contribution in [1.82, 2.24) is 20.0 Å². The van der Waals surface area contributed by atoms with Crippen molar-refractivity contribution >= 4 is 5.91 Å². The van der Waals surface area contributed by atoms with Crippen LogP contribution in [0.4, 0.5) is 0 Å². The van der Waals surface area contributed by atoms with Gasteiger partial charge in [-0.1, -0.05) is 5.16 Å². The van der Waals surface area contributed by atoms with E-state index in [2.05, 4.69) is 15.5 Å². The molecule has 0 spiro atoms. The summed E-state index contributed by atoms with van der Waals surface area (Å²) in [5.74, 6) is -0.0156. The number of aromatic nitrogens is 3. The number of hydrogen-bond donors (Lipinski definition) is 1. The first-order valence-electron chi connectivity index (χ1n) is 5.35. The molecule has 0 saturated heterocycles. The van der Waals surface area contributed by atoms with Crippen LogP contribution in [-0.4, -0.2) is 26.7 Å². The van der Waals surface area contributed by atoms with Gasteiger partial charge in [-0.2, -0.15) is 0 Å².